The van der Waals surface area contributed by atoms with Gasteiger partial charge in [0, 0.05) is 30.7 Å². The molecule has 1 aromatic rings. The maximum Gasteiger partial charge on any atom is 0.229 e. The van der Waals surface area contributed by atoms with E-state index in [0.717, 1.165) is 36.1 Å². The molecule has 1 saturated heterocycles. The highest BCUT2D eigenvalue weighted by Crippen LogP contribution is 2.37. The molecule has 0 bridgehead atoms. The Labute approximate surface area is 144 Å². The van der Waals surface area contributed by atoms with Gasteiger partial charge in [-0.05, 0) is 31.2 Å². The number of rotatable bonds is 4. The normalized spacial score (nSPS) is 17.4. The Balaban J connectivity index is 1.65. The van der Waals surface area contributed by atoms with Crippen molar-refractivity contribution in [3.8, 4) is 6.07 Å². The minimum atomic E-state index is -0.268. The standard InChI is InChI=1S/C17H19N3O3S/c18-10-12-11-4-2-1-3-5-13(11)24-17(12)19-14(21)8-9-20-15(22)6-7-16(20)23/h1-9H2,(H,19,21). The van der Waals surface area contributed by atoms with Gasteiger partial charge in [-0.1, -0.05) is 6.42 Å². The first kappa shape index (κ1) is 16.7. The Morgan fingerprint density at radius 1 is 1.12 bits per heavy atom. The number of hydrogen-bond acceptors (Lipinski definition) is 5. The van der Waals surface area contributed by atoms with Gasteiger partial charge in [0.1, 0.15) is 11.1 Å². The van der Waals surface area contributed by atoms with Gasteiger partial charge in [-0.15, -0.1) is 11.3 Å². The van der Waals surface area contributed by atoms with E-state index in [0.29, 0.717) is 10.6 Å². The molecule has 2 heterocycles. The highest BCUT2D eigenvalue weighted by Gasteiger charge is 2.29. The first-order valence-electron chi connectivity index (χ1n) is 8.28. The number of thiophene rings is 1. The van der Waals surface area contributed by atoms with Crippen LogP contribution in [0.25, 0.3) is 0 Å². The summed E-state index contributed by atoms with van der Waals surface area (Å²) in [5, 5.41) is 12.9. The highest BCUT2D eigenvalue weighted by molar-refractivity contribution is 7.16. The van der Waals surface area contributed by atoms with E-state index in [4.69, 9.17) is 0 Å². The van der Waals surface area contributed by atoms with Crippen LogP contribution in [-0.4, -0.2) is 29.2 Å². The van der Waals surface area contributed by atoms with Crippen molar-refractivity contribution in [2.75, 3.05) is 11.9 Å². The van der Waals surface area contributed by atoms with Gasteiger partial charge in [0.15, 0.2) is 0 Å². The van der Waals surface area contributed by atoms with Crippen molar-refractivity contribution in [1.82, 2.24) is 4.90 Å². The number of anilines is 1. The van der Waals surface area contributed by atoms with E-state index in [1.165, 1.54) is 22.6 Å². The van der Waals surface area contributed by atoms with Crippen molar-refractivity contribution in [1.29, 1.82) is 5.26 Å². The lowest BCUT2D eigenvalue weighted by molar-refractivity contribution is -0.138. The van der Waals surface area contributed by atoms with Crippen LogP contribution >= 0.6 is 11.3 Å². The fraction of sp³-hybridized carbons (Fsp3) is 0.529. The molecule has 1 fully saturated rings. The molecule has 7 heteroatoms. The lowest BCUT2D eigenvalue weighted by Crippen LogP contribution is -2.32. The summed E-state index contributed by atoms with van der Waals surface area (Å²) < 4.78 is 0. The van der Waals surface area contributed by atoms with Crippen LogP contribution in [0.15, 0.2) is 0 Å². The molecule has 0 saturated carbocycles. The van der Waals surface area contributed by atoms with Gasteiger partial charge in [-0.2, -0.15) is 5.26 Å². The summed E-state index contributed by atoms with van der Waals surface area (Å²) in [5.41, 5.74) is 1.67. The summed E-state index contributed by atoms with van der Waals surface area (Å²) in [6.45, 7) is 0.108. The van der Waals surface area contributed by atoms with Crippen LogP contribution in [0.2, 0.25) is 0 Å². The predicted octanol–water partition coefficient (Wildman–Crippen LogP) is 2.37. The number of aryl methyl sites for hydroxylation is 1. The van der Waals surface area contributed by atoms with E-state index in [1.54, 1.807) is 0 Å². The highest BCUT2D eigenvalue weighted by atomic mass is 32.1. The number of hydrogen-bond donors (Lipinski definition) is 1. The smallest absolute Gasteiger partial charge is 0.229 e. The van der Waals surface area contributed by atoms with Gasteiger partial charge in [0.25, 0.3) is 0 Å². The molecule has 1 N–H and O–H groups in total. The van der Waals surface area contributed by atoms with Crippen LogP contribution in [-0.2, 0) is 27.2 Å². The first-order valence-corrected chi connectivity index (χ1v) is 9.09. The largest absolute Gasteiger partial charge is 0.317 e. The Morgan fingerprint density at radius 3 is 2.54 bits per heavy atom. The molecule has 1 aliphatic heterocycles. The van der Waals surface area contributed by atoms with Crippen LogP contribution in [0.4, 0.5) is 5.00 Å². The maximum atomic E-state index is 12.2. The average molecular weight is 345 g/mol. The molecule has 3 rings (SSSR count). The van der Waals surface area contributed by atoms with Crippen molar-refractivity contribution in [2.24, 2.45) is 0 Å². The summed E-state index contributed by atoms with van der Waals surface area (Å²) >= 11 is 1.49. The Morgan fingerprint density at radius 2 is 1.83 bits per heavy atom. The molecule has 3 amide bonds. The second-order valence-electron chi connectivity index (χ2n) is 6.12. The van der Waals surface area contributed by atoms with Crippen molar-refractivity contribution in [3.63, 3.8) is 0 Å². The summed E-state index contributed by atoms with van der Waals surface area (Å²) in [6.07, 6.45) is 5.74. The Bertz CT molecular complexity index is 716. The molecule has 1 aromatic heterocycles. The van der Waals surface area contributed by atoms with E-state index in [1.807, 2.05) is 0 Å². The van der Waals surface area contributed by atoms with Crippen LogP contribution in [0.1, 0.15) is 54.5 Å². The average Bonchev–Trinajstić information content (AvgIpc) is 2.94. The monoisotopic (exact) mass is 345 g/mol. The number of imide groups is 1. The van der Waals surface area contributed by atoms with E-state index in [2.05, 4.69) is 11.4 Å². The van der Waals surface area contributed by atoms with Gasteiger partial charge in [0.2, 0.25) is 17.7 Å². The van der Waals surface area contributed by atoms with Gasteiger partial charge < -0.3 is 5.32 Å². The summed E-state index contributed by atoms with van der Waals surface area (Å²) in [7, 11) is 0. The van der Waals surface area contributed by atoms with E-state index < -0.39 is 0 Å². The summed E-state index contributed by atoms with van der Waals surface area (Å²) in [6, 6.07) is 2.23. The molecule has 0 spiro atoms. The second-order valence-corrected chi connectivity index (χ2v) is 7.22. The molecular formula is C17H19N3O3S. The minimum absolute atomic E-state index is 0.0604. The number of fused-ring (bicyclic) bond motifs is 1. The number of nitrogens with zero attached hydrogens (tertiary/aromatic N) is 2. The molecule has 1 aliphatic carbocycles. The minimum Gasteiger partial charge on any atom is -0.317 e. The van der Waals surface area contributed by atoms with Crippen molar-refractivity contribution in [3.05, 3.63) is 16.0 Å². The lowest BCUT2D eigenvalue weighted by atomic mass is 10.1. The van der Waals surface area contributed by atoms with Gasteiger partial charge in [-0.25, -0.2) is 0 Å². The number of carbonyl (C=O) groups excluding carboxylic acids is 3. The lowest BCUT2D eigenvalue weighted by Gasteiger charge is -2.13. The number of nitriles is 1. The van der Waals surface area contributed by atoms with Crippen LogP contribution in [0.3, 0.4) is 0 Å². The Hall–Kier alpha value is -2.20. The fourth-order valence-corrected chi connectivity index (χ4v) is 4.48. The molecule has 2 aliphatic rings. The van der Waals surface area contributed by atoms with Gasteiger partial charge >= 0.3 is 0 Å². The quantitative estimate of drug-likeness (QED) is 0.670. The number of carbonyl (C=O) groups is 3. The van der Waals surface area contributed by atoms with Crippen molar-refractivity contribution < 1.29 is 14.4 Å². The molecular weight excluding hydrogens is 326 g/mol. The molecule has 0 atom stereocenters. The van der Waals surface area contributed by atoms with Gasteiger partial charge in [-0.3, -0.25) is 19.3 Å². The third-order valence-corrected chi connectivity index (χ3v) is 5.71. The molecule has 126 valence electrons. The van der Waals surface area contributed by atoms with E-state index >= 15 is 0 Å². The van der Waals surface area contributed by atoms with Crippen LogP contribution < -0.4 is 5.32 Å². The topological polar surface area (TPSA) is 90.3 Å². The SMILES string of the molecule is N#Cc1c(NC(=O)CCN2C(=O)CCC2=O)sc2c1CCCCC2. The second kappa shape index (κ2) is 7.14. The fourth-order valence-electron chi connectivity index (χ4n) is 3.22. The Kier molecular flexibility index (Phi) is 4.95. The zero-order valence-electron chi connectivity index (χ0n) is 13.4. The first-order chi connectivity index (χ1) is 11.6. The maximum absolute atomic E-state index is 12.2. The van der Waals surface area contributed by atoms with Crippen LogP contribution in [0, 0.1) is 11.3 Å². The molecule has 0 radical (unpaired) electrons. The van der Waals surface area contributed by atoms with E-state index in [9.17, 15) is 19.6 Å². The van der Waals surface area contributed by atoms with E-state index in [-0.39, 0.29) is 43.5 Å². The zero-order chi connectivity index (χ0) is 17.1. The number of nitrogens with one attached hydrogen (secondary N) is 1. The third kappa shape index (κ3) is 3.34. The summed E-state index contributed by atoms with van der Waals surface area (Å²) in [5.74, 6) is -0.697. The number of amides is 3. The summed E-state index contributed by atoms with van der Waals surface area (Å²) in [4.78, 5) is 37.6. The van der Waals surface area contributed by atoms with Crippen molar-refractivity contribution >= 4 is 34.1 Å². The van der Waals surface area contributed by atoms with Crippen LogP contribution in [0.5, 0.6) is 0 Å². The molecule has 24 heavy (non-hydrogen) atoms. The van der Waals surface area contributed by atoms with Crippen molar-refractivity contribution in [2.45, 2.75) is 51.4 Å². The molecule has 0 unspecified atom stereocenters. The number of likely N-dealkylation sites (tertiary alicyclic amines) is 1. The zero-order valence-corrected chi connectivity index (χ0v) is 14.2. The third-order valence-electron chi connectivity index (χ3n) is 4.50. The van der Waals surface area contributed by atoms with Gasteiger partial charge in [0.05, 0.1) is 5.56 Å². The molecule has 0 aromatic carbocycles. The molecule has 6 nitrogen and oxygen atoms in total. The predicted molar refractivity (Wildman–Crippen MR) is 89.5 cm³/mol.